The highest BCUT2D eigenvalue weighted by Crippen LogP contribution is 2.53. The highest BCUT2D eigenvalue weighted by atomic mass is 32.2. The van der Waals surface area contributed by atoms with Crippen LogP contribution >= 0.6 is 11.8 Å². The molecule has 0 N–H and O–H groups in total. The lowest BCUT2D eigenvalue weighted by Gasteiger charge is -2.34. The molecule has 0 fully saturated rings. The van der Waals surface area contributed by atoms with E-state index in [-0.39, 0.29) is 0 Å². The number of fused-ring (bicyclic) bond motifs is 3. The summed E-state index contributed by atoms with van der Waals surface area (Å²) in [6, 6.07) is 63.2. The van der Waals surface area contributed by atoms with E-state index in [0.29, 0.717) is 0 Å². The van der Waals surface area contributed by atoms with Crippen LogP contribution in [0.2, 0.25) is 0 Å². The second-order valence-corrected chi connectivity index (χ2v) is 13.1. The van der Waals surface area contributed by atoms with Gasteiger partial charge in [0.2, 0.25) is 0 Å². The van der Waals surface area contributed by atoms with Gasteiger partial charge in [-0.3, -0.25) is 4.98 Å². The van der Waals surface area contributed by atoms with Crippen LogP contribution in [-0.4, -0.2) is 4.98 Å². The van der Waals surface area contributed by atoms with Gasteiger partial charge in [0, 0.05) is 32.6 Å². The first-order valence-electron chi connectivity index (χ1n) is 16.2. The molecule has 1 aliphatic rings. The van der Waals surface area contributed by atoms with E-state index in [0.717, 1.165) is 22.3 Å². The molecule has 2 nitrogen and oxygen atoms in total. The average Bonchev–Trinajstić information content (AvgIpc) is 3.17. The van der Waals surface area contributed by atoms with Gasteiger partial charge >= 0.3 is 0 Å². The van der Waals surface area contributed by atoms with E-state index in [2.05, 4.69) is 181 Å². The van der Waals surface area contributed by atoms with E-state index < -0.39 is 0 Å². The fourth-order valence-electron chi connectivity index (χ4n) is 6.75. The number of hydrogen-bond acceptors (Lipinski definition) is 3. The van der Waals surface area contributed by atoms with Gasteiger partial charge in [-0.25, -0.2) is 0 Å². The van der Waals surface area contributed by atoms with E-state index in [1.165, 1.54) is 59.9 Å². The molecule has 48 heavy (non-hydrogen) atoms. The molecule has 226 valence electrons. The Morgan fingerprint density at radius 3 is 1.79 bits per heavy atom. The van der Waals surface area contributed by atoms with Crippen molar-refractivity contribution in [2.75, 3.05) is 4.90 Å². The summed E-state index contributed by atoms with van der Waals surface area (Å²) in [4.78, 5) is 9.69. The number of pyridine rings is 1. The molecular formula is C45H30N2S. The average molecular weight is 631 g/mol. The Kier molecular flexibility index (Phi) is 7.10. The minimum Gasteiger partial charge on any atom is -0.308 e. The molecule has 0 unspecified atom stereocenters. The predicted octanol–water partition coefficient (Wildman–Crippen LogP) is 12.8. The first-order chi connectivity index (χ1) is 23.8. The van der Waals surface area contributed by atoms with Crippen molar-refractivity contribution in [2.24, 2.45) is 0 Å². The maximum Gasteiger partial charge on any atom is 0.0780 e. The molecule has 3 heteroatoms. The molecule has 0 saturated heterocycles. The van der Waals surface area contributed by atoms with Crippen molar-refractivity contribution in [3.8, 4) is 44.6 Å². The van der Waals surface area contributed by atoms with Crippen molar-refractivity contribution < 1.29 is 0 Å². The Morgan fingerprint density at radius 2 is 1.00 bits per heavy atom. The maximum atomic E-state index is 4.80. The molecule has 0 aliphatic carbocycles. The van der Waals surface area contributed by atoms with Crippen molar-refractivity contribution >= 4 is 39.6 Å². The Balaban J connectivity index is 1.18. The summed E-state index contributed by atoms with van der Waals surface area (Å²) in [6.45, 7) is 0. The molecule has 1 aliphatic heterocycles. The molecule has 0 bridgehead atoms. The standard InChI is InChI=1S/C45H30N2S/c1-3-12-31(13-4-1)37-27-38(32-14-5-2-6-15-32)29-39(28-37)47-41-20-9-10-21-43(41)48-44-30-35(22-23-42(44)47)34-17-11-18-36(26-34)45-40-19-8-7-16-33(40)24-25-46-45/h1-30H. The van der Waals surface area contributed by atoms with Crippen molar-refractivity contribution in [1.82, 2.24) is 4.98 Å². The van der Waals surface area contributed by atoms with Gasteiger partial charge < -0.3 is 4.90 Å². The Bertz CT molecular complexity index is 2370. The van der Waals surface area contributed by atoms with E-state index in [4.69, 9.17) is 4.98 Å². The Labute approximate surface area is 285 Å². The van der Waals surface area contributed by atoms with Gasteiger partial charge in [-0.1, -0.05) is 133 Å². The van der Waals surface area contributed by atoms with Crippen LogP contribution in [0.3, 0.4) is 0 Å². The van der Waals surface area contributed by atoms with Gasteiger partial charge in [-0.05, 0) is 93.4 Å². The van der Waals surface area contributed by atoms with Crippen molar-refractivity contribution in [3.05, 3.63) is 182 Å². The number of benzene rings is 7. The molecule has 0 spiro atoms. The normalized spacial score (nSPS) is 12.0. The van der Waals surface area contributed by atoms with Crippen LogP contribution in [-0.2, 0) is 0 Å². The van der Waals surface area contributed by atoms with Crippen LogP contribution in [0.1, 0.15) is 0 Å². The molecule has 7 aromatic carbocycles. The van der Waals surface area contributed by atoms with Crippen LogP contribution in [0.25, 0.3) is 55.4 Å². The second kappa shape index (κ2) is 12.0. The zero-order valence-electron chi connectivity index (χ0n) is 26.1. The molecule has 2 heterocycles. The summed E-state index contributed by atoms with van der Waals surface area (Å²) in [5.74, 6) is 0. The topological polar surface area (TPSA) is 16.1 Å². The third-order valence-corrected chi connectivity index (χ3v) is 10.2. The number of para-hydroxylation sites is 1. The molecule has 9 rings (SSSR count). The molecule has 1 aromatic heterocycles. The summed E-state index contributed by atoms with van der Waals surface area (Å²) in [6.07, 6.45) is 1.90. The molecular weight excluding hydrogens is 601 g/mol. The van der Waals surface area contributed by atoms with Gasteiger partial charge in [0.25, 0.3) is 0 Å². The summed E-state index contributed by atoms with van der Waals surface area (Å²) in [5, 5.41) is 2.36. The maximum absolute atomic E-state index is 4.80. The molecule has 0 radical (unpaired) electrons. The summed E-state index contributed by atoms with van der Waals surface area (Å²) in [5.41, 5.74) is 12.8. The molecule has 8 aromatic rings. The third kappa shape index (κ3) is 5.15. The van der Waals surface area contributed by atoms with E-state index in [1.54, 1.807) is 0 Å². The van der Waals surface area contributed by atoms with E-state index in [9.17, 15) is 0 Å². The fraction of sp³-hybridized carbons (Fsp3) is 0. The summed E-state index contributed by atoms with van der Waals surface area (Å²) >= 11 is 1.84. The number of hydrogen-bond donors (Lipinski definition) is 0. The Morgan fingerprint density at radius 1 is 0.396 bits per heavy atom. The summed E-state index contributed by atoms with van der Waals surface area (Å²) in [7, 11) is 0. The van der Waals surface area contributed by atoms with Crippen molar-refractivity contribution in [1.29, 1.82) is 0 Å². The van der Waals surface area contributed by atoms with Crippen molar-refractivity contribution in [3.63, 3.8) is 0 Å². The zero-order valence-corrected chi connectivity index (χ0v) is 26.9. The second-order valence-electron chi connectivity index (χ2n) is 12.0. The minimum absolute atomic E-state index is 1.01. The van der Waals surface area contributed by atoms with E-state index in [1.807, 2.05) is 18.0 Å². The first kappa shape index (κ1) is 28.3. The monoisotopic (exact) mass is 630 g/mol. The molecule has 0 saturated carbocycles. The molecule has 0 atom stereocenters. The lowest BCUT2D eigenvalue weighted by Crippen LogP contribution is -2.15. The van der Waals surface area contributed by atoms with Crippen LogP contribution in [0, 0.1) is 0 Å². The number of aromatic nitrogens is 1. The van der Waals surface area contributed by atoms with E-state index >= 15 is 0 Å². The quantitative estimate of drug-likeness (QED) is 0.188. The number of anilines is 3. The van der Waals surface area contributed by atoms with Gasteiger partial charge in [-0.2, -0.15) is 0 Å². The van der Waals surface area contributed by atoms with Crippen LogP contribution < -0.4 is 4.90 Å². The Hall–Kier alpha value is -5.90. The largest absolute Gasteiger partial charge is 0.308 e. The zero-order chi connectivity index (χ0) is 31.9. The van der Waals surface area contributed by atoms with Crippen LogP contribution in [0.4, 0.5) is 17.1 Å². The van der Waals surface area contributed by atoms with Gasteiger partial charge in [0.15, 0.2) is 0 Å². The fourth-order valence-corrected chi connectivity index (χ4v) is 7.84. The smallest absolute Gasteiger partial charge is 0.0780 e. The lowest BCUT2D eigenvalue weighted by molar-refractivity contribution is 1.17. The minimum atomic E-state index is 1.01. The predicted molar refractivity (Wildman–Crippen MR) is 202 cm³/mol. The lowest BCUT2D eigenvalue weighted by atomic mass is 9.97. The SMILES string of the molecule is c1ccc(-c2cc(-c3ccccc3)cc(N3c4ccccc4Sc4cc(-c5cccc(-c6nccc7ccccc67)c5)ccc43)c2)cc1. The van der Waals surface area contributed by atoms with Crippen molar-refractivity contribution in [2.45, 2.75) is 9.79 Å². The highest BCUT2D eigenvalue weighted by molar-refractivity contribution is 7.99. The molecule has 0 amide bonds. The summed E-state index contributed by atoms with van der Waals surface area (Å²) < 4.78 is 0. The number of nitrogens with zero attached hydrogens (tertiary/aromatic N) is 2. The van der Waals surface area contributed by atoms with Crippen LogP contribution in [0.15, 0.2) is 192 Å². The van der Waals surface area contributed by atoms with Crippen LogP contribution in [0.5, 0.6) is 0 Å². The van der Waals surface area contributed by atoms with Gasteiger partial charge in [0.1, 0.15) is 0 Å². The third-order valence-electron chi connectivity index (χ3n) is 9.06. The highest BCUT2D eigenvalue weighted by Gasteiger charge is 2.26. The van der Waals surface area contributed by atoms with Gasteiger partial charge in [0.05, 0.1) is 17.1 Å². The van der Waals surface area contributed by atoms with Gasteiger partial charge in [-0.15, -0.1) is 0 Å². The number of rotatable bonds is 5. The first-order valence-corrected chi connectivity index (χ1v) is 17.0.